The molecular formula is C19H28N2O3. The van der Waals surface area contributed by atoms with Crippen molar-refractivity contribution in [1.29, 1.82) is 0 Å². The van der Waals surface area contributed by atoms with Gasteiger partial charge in [0.1, 0.15) is 5.76 Å². The first kappa shape index (κ1) is 16.2. The van der Waals surface area contributed by atoms with Gasteiger partial charge in [-0.15, -0.1) is 0 Å². The topological polar surface area (TPSA) is 54.7 Å². The molecule has 0 bridgehead atoms. The van der Waals surface area contributed by atoms with Crippen molar-refractivity contribution in [2.24, 2.45) is 5.92 Å². The number of nitrogens with one attached hydrogen (secondary N) is 1. The number of furan rings is 1. The van der Waals surface area contributed by atoms with E-state index in [-0.39, 0.29) is 29.3 Å². The minimum atomic E-state index is 0.0849. The Balaban J connectivity index is 1.40. The summed E-state index contributed by atoms with van der Waals surface area (Å²) in [6.45, 7) is 5.79. The normalized spacial score (nSPS) is 30.9. The van der Waals surface area contributed by atoms with Gasteiger partial charge in [0.15, 0.2) is 0 Å². The van der Waals surface area contributed by atoms with E-state index in [1.54, 1.807) is 6.26 Å². The van der Waals surface area contributed by atoms with Crippen molar-refractivity contribution in [3.8, 4) is 0 Å². The maximum Gasteiger partial charge on any atom is 0.224 e. The van der Waals surface area contributed by atoms with Crippen LogP contribution in [0.2, 0.25) is 0 Å². The first-order valence-corrected chi connectivity index (χ1v) is 9.37. The fourth-order valence-corrected chi connectivity index (χ4v) is 4.78. The van der Waals surface area contributed by atoms with Gasteiger partial charge in [0.05, 0.1) is 19.5 Å². The van der Waals surface area contributed by atoms with Crippen molar-refractivity contribution in [2.75, 3.05) is 26.3 Å². The Morgan fingerprint density at radius 1 is 1.33 bits per heavy atom. The highest BCUT2D eigenvalue weighted by molar-refractivity contribution is 5.83. The van der Waals surface area contributed by atoms with Gasteiger partial charge in [-0.2, -0.15) is 0 Å². The van der Waals surface area contributed by atoms with Crippen LogP contribution in [0.15, 0.2) is 22.8 Å². The zero-order valence-corrected chi connectivity index (χ0v) is 14.5. The second-order valence-electron chi connectivity index (χ2n) is 7.60. The van der Waals surface area contributed by atoms with Crippen molar-refractivity contribution in [3.05, 3.63) is 24.2 Å². The predicted molar refractivity (Wildman–Crippen MR) is 90.8 cm³/mol. The van der Waals surface area contributed by atoms with Crippen LogP contribution >= 0.6 is 0 Å². The Morgan fingerprint density at radius 3 is 2.75 bits per heavy atom. The van der Waals surface area contributed by atoms with E-state index in [4.69, 9.17) is 9.15 Å². The predicted octanol–water partition coefficient (Wildman–Crippen LogP) is 2.53. The molecule has 132 valence electrons. The summed E-state index contributed by atoms with van der Waals surface area (Å²) in [5, 5.41) is 3.35. The first-order valence-electron chi connectivity index (χ1n) is 9.37. The largest absolute Gasteiger partial charge is 0.469 e. The van der Waals surface area contributed by atoms with Gasteiger partial charge in [0, 0.05) is 36.5 Å². The van der Waals surface area contributed by atoms with Crippen LogP contribution in [-0.4, -0.2) is 48.7 Å². The maximum atomic E-state index is 12.7. The lowest BCUT2D eigenvalue weighted by molar-refractivity contribution is -0.124. The second kappa shape index (κ2) is 6.52. The van der Waals surface area contributed by atoms with E-state index in [0.29, 0.717) is 0 Å². The number of hydrogen-bond donors (Lipinski definition) is 1. The minimum absolute atomic E-state index is 0.0849. The van der Waals surface area contributed by atoms with Crippen LogP contribution in [0.25, 0.3) is 0 Å². The lowest BCUT2D eigenvalue weighted by Gasteiger charge is -2.47. The highest BCUT2D eigenvalue weighted by Gasteiger charge is 2.49. The molecule has 1 aliphatic heterocycles. The van der Waals surface area contributed by atoms with Gasteiger partial charge in [-0.3, -0.25) is 9.69 Å². The maximum absolute atomic E-state index is 12.7. The third-order valence-corrected chi connectivity index (χ3v) is 6.31. The third-order valence-electron chi connectivity index (χ3n) is 6.31. The van der Waals surface area contributed by atoms with Crippen LogP contribution in [0, 0.1) is 5.92 Å². The fraction of sp³-hybridized carbons (Fsp3) is 0.737. The smallest absolute Gasteiger partial charge is 0.224 e. The molecule has 5 nitrogen and oxygen atoms in total. The van der Waals surface area contributed by atoms with E-state index in [1.807, 2.05) is 12.1 Å². The summed E-state index contributed by atoms with van der Waals surface area (Å²) in [6, 6.07) is 4.06. The summed E-state index contributed by atoms with van der Waals surface area (Å²) < 4.78 is 11.0. The zero-order chi connectivity index (χ0) is 16.6. The average molecular weight is 332 g/mol. The van der Waals surface area contributed by atoms with E-state index in [2.05, 4.69) is 17.1 Å². The first-order chi connectivity index (χ1) is 11.7. The summed E-state index contributed by atoms with van der Waals surface area (Å²) in [7, 11) is 0. The molecule has 24 heavy (non-hydrogen) atoms. The van der Waals surface area contributed by atoms with Gasteiger partial charge in [-0.05, 0) is 38.3 Å². The summed E-state index contributed by atoms with van der Waals surface area (Å²) in [5.41, 5.74) is 0.120. The number of carbonyl (C=O) groups is 1. The second-order valence-corrected chi connectivity index (χ2v) is 7.60. The van der Waals surface area contributed by atoms with Crippen molar-refractivity contribution in [2.45, 2.75) is 56.5 Å². The molecular weight excluding hydrogens is 304 g/mol. The van der Waals surface area contributed by atoms with Gasteiger partial charge < -0.3 is 14.5 Å². The van der Waals surface area contributed by atoms with Gasteiger partial charge in [0.2, 0.25) is 5.91 Å². The van der Waals surface area contributed by atoms with Crippen molar-refractivity contribution in [1.82, 2.24) is 10.2 Å². The van der Waals surface area contributed by atoms with Crippen molar-refractivity contribution < 1.29 is 13.9 Å². The van der Waals surface area contributed by atoms with E-state index in [1.165, 1.54) is 25.7 Å². The minimum Gasteiger partial charge on any atom is -0.469 e. The van der Waals surface area contributed by atoms with Gasteiger partial charge in [-0.25, -0.2) is 0 Å². The molecule has 2 saturated carbocycles. The Kier molecular flexibility index (Phi) is 4.39. The van der Waals surface area contributed by atoms with Gasteiger partial charge in [0.25, 0.3) is 0 Å². The molecule has 2 heterocycles. The van der Waals surface area contributed by atoms with Crippen LogP contribution in [0.3, 0.4) is 0 Å². The number of morpholine rings is 1. The van der Waals surface area contributed by atoms with Crippen LogP contribution in [0.5, 0.6) is 0 Å². The Labute approximate surface area is 143 Å². The molecule has 1 aromatic heterocycles. The molecule has 3 atom stereocenters. The SMILES string of the molecule is C[C@H](NC(=O)[C@@H]1C[C@H]1c1ccco1)C1(N2CCOCC2)CCCC1. The average Bonchev–Trinajstić information content (AvgIpc) is 3.04. The highest BCUT2D eigenvalue weighted by Crippen LogP contribution is 2.48. The molecule has 0 radical (unpaired) electrons. The number of hydrogen-bond acceptors (Lipinski definition) is 4. The summed E-state index contributed by atoms with van der Waals surface area (Å²) in [6.07, 6.45) is 7.49. The van der Waals surface area contributed by atoms with Gasteiger partial charge >= 0.3 is 0 Å². The molecule has 4 rings (SSSR count). The molecule has 1 amide bonds. The molecule has 2 aliphatic carbocycles. The van der Waals surface area contributed by atoms with Crippen LogP contribution in [0.4, 0.5) is 0 Å². The molecule has 0 spiro atoms. The number of rotatable bonds is 5. The summed E-state index contributed by atoms with van der Waals surface area (Å²) in [4.78, 5) is 15.3. The molecule has 5 heteroatoms. The van der Waals surface area contributed by atoms with Crippen LogP contribution < -0.4 is 5.32 Å². The van der Waals surface area contributed by atoms with Crippen LogP contribution in [-0.2, 0) is 9.53 Å². The lowest BCUT2D eigenvalue weighted by atomic mass is 9.86. The van der Waals surface area contributed by atoms with Crippen LogP contribution in [0.1, 0.15) is 50.7 Å². The number of carbonyl (C=O) groups excluding carboxylic acids is 1. The van der Waals surface area contributed by atoms with Crippen molar-refractivity contribution >= 4 is 5.91 Å². The monoisotopic (exact) mass is 332 g/mol. The number of nitrogens with zero attached hydrogens (tertiary/aromatic N) is 1. The zero-order valence-electron chi connectivity index (χ0n) is 14.5. The quantitative estimate of drug-likeness (QED) is 0.900. The Hall–Kier alpha value is -1.33. The lowest BCUT2D eigenvalue weighted by Crippen LogP contribution is -2.62. The number of amides is 1. The molecule has 1 saturated heterocycles. The van der Waals surface area contributed by atoms with E-state index < -0.39 is 0 Å². The summed E-state index contributed by atoms with van der Waals surface area (Å²) >= 11 is 0. The molecule has 1 N–H and O–H groups in total. The Bertz CT molecular complexity index is 559. The van der Waals surface area contributed by atoms with E-state index >= 15 is 0 Å². The molecule has 0 unspecified atom stereocenters. The van der Waals surface area contributed by atoms with E-state index in [0.717, 1.165) is 38.5 Å². The standard InChI is InChI=1S/C19H28N2O3/c1-14(19(6-2-3-7-19)21-8-11-23-12-9-21)20-18(22)16-13-15(16)17-5-4-10-24-17/h4-5,10,14-16H,2-3,6-9,11-13H2,1H3,(H,20,22)/t14-,15+,16+/m0/s1. The third kappa shape index (κ3) is 2.88. The summed E-state index contributed by atoms with van der Waals surface area (Å²) in [5.74, 6) is 1.51. The molecule has 3 aliphatic rings. The molecule has 1 aromatic rings. The highest BCUT2D eigenvalue weighted by atomic mass is 16.5. The van der Waals surface area contributed by atoms with Gasteiger partial charge in [-0.1, -0.05) is 12.8 Å². The number of ether oxygens (including phenoxy) is 1. The van der Waals surface area contributed by atoms with E-state index in [9.17, 15) is 4.79 Å². The molecule has 0 aromatic carbocycles. The van der Waals surface area contributed by atoms with Crippen molar-refractivity contribution in [3.63, 3.8) is 0 Å². The fourth-order valence-electron chi connectivity index (χ4n) is 4.78. The Morgan fingerprint density at radius 2 is 2.08 bits per heavy atom. The molecule has 3 fully saturated rings.